The summed E-state index contributed by atoms with van der Waals surface area (Å²) in [5, 5.41) is 2.07. The molecule has 0 aliphatic carbocycles. The second kappa shape index (κ2) is 9.88. The largest absolute Gasteiger partial charge is 0.341 e. The lowest BCUT2D eigenvalue weighted by Gasteiger charge is -2.24. The van der Waals surface area contributed by atoms with E-state index in [0.717, 1.165) is 18.5 Å². The van der Waals surface area contributed by atoms with Crippen molar-refractivity contribution in [3.63, 3.8) is 0 Å². The van der Waals surface area contributed by atoms with E-state index >= 15 is 0 Å². The van der Waals surface area contributed by atoms with Gasteiger partial charge in [-0.25, -0.2) is 0 Å². The van der Waals surface area contributed by atoms with Crippen molar-refractivity contribution in [1.29, 1.82) is 0 Å². The molecule has 0 saturated carbocycles. The first kappa shape index (κ1) is 21.2. The van der Waals surface area contributed by atoms with Crippen molar-refractivity contribution in [2.24, 2.45) is 5.92 Å². The molecule has 1 aliphatic rings. The smallest absolute Gasteiger partial charge is 0.254 e. The molecule has 1 atom stereocenters. The first-order chi connectivity index (χ1) is 15.2. The van der Waals surface area contributed by atoms with Crippen LogP contribution in [-0.4, -0.2) is 52.8 Å². The summed E-state index contributed by atoms with van der Waals surface area (Å²) in [5.74, 6) is -0.131. The number of thiophene rings is 1. The molecular weight excluding hydrogens is 406 g/mol. The highest BCUT2D eigenvalue weighted by Crippen LogP contribution is 2.26. The van der Waals surface area contributed by atoms with Gasteiger partial charge in [-0.3, -0.25) is 14.6 Å². The Labute approximate surface area is 187 Å². The van der Waals surface area contributed by atoms with E-state index in [2.05, 4.69) is 53.7 Å². The molecule has 2 amide bonds. The molecule has 0 radical (unpaired) electrons. The van der Waals surface area contributed by atoms with Crippen LogP contribution < -0.4 is 0 Å². The zero-order valence-electron chi connectivity index (χ0n) is 17.7. The first-order valence-electron chi connectivity index (χ1n) is 10.8. The van der Waals surface area contributed by atoms with Crippen LogP contribution in [0.2, 0.25) is 0 Å². The van der Waals surface area contributed by atoms with Gasteiger partial charge in [0.05, 0.1) is 5.92 Å². The molecule has 0 bridgehead atoms. The fourth-order valence-corrected chi connectivity index (χ4v) is 4.82. The summed E-state index contributed by atoms with van der Waals surface area (Å²) in [7, 11) is 0. The molecule has 0 spiro atoms. The Morgan fingerprint density at radius 3 is 2.55 bits per heavy atom. The number of rotatable bonds is 6. The summed E-state index contributed by atoms with van der Waals surface area (Å²) in [4.78, 5) is 35.3. The second-order valence-electron chi connectivity index (χ2n) is 7.89. The first-order valence-corrected chi connectivity index (χ1v) is 11.6. The van der Waals surface area contributed by atoms with Gasteiger partial charge in [-0.1, -0.05) is 37.3 Å². The highest BCUT2D eigenvalue weighted by atomic mass is 32.1. The highest BCUT2D eigenvalue weighted by Gasteiger charge is 2.32. The average molecular weight is 434 g/mol. The summed E-state index contributed by atoms with van der Waals surface area (Å²) in [6.45, 7) is 4.38. The maximum Gasteiger partial charge on any atom is 0.254 e. The zero-order valence-corrected chi connectivity index (χ0v) is 18.6. The molecule has 1 fully saturated rings. The van der Waals surface area contributed by atoms with Crippen molar-refractivity contribution in [1.82, 2.24) is 14.8 Å². The van der Waals surface area contributed by atoms with Crippen LogP contribution in [0.15, 0.2) is 66.3 Å². The third-order valence-electron chi connectivity index (χ3n) is 5.69. The molecule has 5 nitrogen and oxygen atoms in total. The predicted octanol–water partition coefficient (Wildman–Crippen LogP) is 4.36. The summed E-state index contributed by atoms with van der Waals surface area (Å²) in [6.07, 6.45) is 4.80. The maximum absolute atomic E-state index is 13.3. The lowest BCUT2D eigenvalue weighted by molar-refractivity contribution is -0.134. The number of carbonyl (C=O) groups excluding carboxylic acids is 2. The molecule has 160 valence electrons. The predicted molar refractivity (Wildman–Crippen MR) is 124 cm³/mol. The van der Waals surface area contributed by atoms with Gasteiger partial charge in [-0.15, -0.1) is 11.3 Å². The minimum absolute atomic E-state index is 0.0356. The third-order valence-corrected chi connectivity index (χ3v) is 6.61. The quantitative estimate of drug-likeness (QED) is 0.580. The number of amides is 2. The van der Waals surface area contributed by atoms with Gasteiger partial charge in [0.15, 0.2) is 0 Å². The van der Waals surface area contributed by atoms with E-state index in [0.29, 0.717) is 31.6 Å². The van der Waals surface area contributed by atoms with Crippen molar-refractivity contribution in [2.75, 3.05) is 26.2 Å². The normalized spacial score (nSPS) is 16.9. The van der Waals surface area contributed by atoms with Crippen molar-refractivity contribution in [3.8, 4) is 10.4 Å². The minimum Gasteiger partial charge on any atom is -0.341 e. The van der Waals surface area contributed by atoms with E-state index < -0.39 is 0 Å². The van der Waals surface area contributed by atoms with Gasteiger partial charge in [0.25, 0.3) is 5.91 Å². The van der Waals surface area contributed by atoms with Crippen LogP contribution in [0, 0.1) is 5.92 Å². The van der Waals surface area contributed by atoms with Crippen LogP contribution in [0.5, 0.6) is 0 Å². The van der Waals surface area contributed by atoms with E-state index in [4.69, 9.17) is 0 Å². The van der Waals surface area contributed by atoms with Gasteiger partial charge in [0.1, 0.15) is 0 Å². The Morgan fingerprint density at radius 1 is 1.10 bits per heavy atom. The Balaban J connectivity index is 1.53. The molecule has 1 aliphatic heterocycles. The number of hydrogen-bond acceptors (Lipinski definition) is 4. The molecule has 1 aromatic carbocycles. The van der Waals surface area contributed by atoms with E-state index in [1.165, 1.54) is 10.4 Å². The number of aromatic nitrogens is 1. The van der Waals surface area contributed by atoms with Crippen molar-refractivity contribution in [2.45, 2.75) is 19.8 Å². The molecule has 3 aromatic rings. The Morgan fingerprint density at radius 2 is 1.87 bits per heavy atom. The van der Waals surface area contributed by atoms with E-state index in [1.807, 2.05) is 9.80 Å². The van der Waals surface area contributed by atoms with Gasteiger partial charge in [-0.05, 0) is 47.5 Å². The van der Waals surface area contributed by atoms with Gasteiger partial charge in [0, 0.05) is 49.0 Å². The number of hydrogen-bond donors (Lipinski definition) is 0. The van der Waals surface area contributed by atoms with Gasteiger partial charge >= 0.3 is 0 Å². The fraction of sp³-hybridized carbons (Fsp3) is 0.320. The molecule has 3 heterocycles. The van der Waals surface area contributed by atoms with Crippen LogP contribution in [0.4, 0.5) is 0 Å². The minimum atomic E-state index is -0.243. The number of nitrogens with zero attached hydrogens (tertiary/aromatic N) is 3. The highest BCUT2D eigenvalue weighted by molar-refractivity contribution is 7.13. The molecule has 2 aromatic heterocycles. The van der Waals surface area contributed by atoms with E-state index in [9.17, 15) is 9.59 Å². The van der Waals surface area contributed by atoms with Gasteiger partial charge in [0.2, 0.25) is 5.91 Å². The molecule has 31 heavy (non-hydrogen) atoms. The Kier molecular flexibility index (Phi) is 6.77. The van der Waals surface area contributed by atoms with Crippen LogP contribution in [0.25, 0.3) is 10.4 Å². The van der Waals surface area contributed by atoms with Crippen LogP contribution in [0.1, 0.15) is 29.3 Å². The summed E-state index contributed by atoms with van der Waals surface area (Å²) >= 11 is 1.72. The molecule has 4 rings (SSSR count). The van der Waals surface area contributed by atoms with E-state index in [-0.39, 0.29) is 17.7 Å². The van der Waals surface area contributed by atoms with Crippen LogP contribution in [-0.2, 0) is 11.2 Å². The SMILES string of the molecule is CCCN1CCN(C(=O)c2ccncc2)C[C@H](Cc2ccc(-c3cccs3)cc2)C1=O. The number of pyridine rings is 1. The molecular formula is C25H27N3O2S. The fourth-order valence-electron chi connectivity index (χ4n) is 4.08. The molecule has 6 heteroatoms. The lowest BCUT2D eigenvalue weighted by atomic mass is 9.96. The zero-order chi connectivity index (χ0) is 21.6. The average Bonchev–Trinajstić information content (AvgIpc) is 3.30. The van der Waals surface area contributed by atoms with Crippen molar-refractivity contribution < 1.29 is 9.59 Å². The Bertz CT molecular complexity index is 1000. The standard InChI is InChI=1S/C25H27N3O2S/c1-2-13-27-14-15-28(24(29)21-9-11-26-12-10-21)18-22(25(27)30)17-19-5-7-20(8-6-19)23-4-3-16-31-23/h3-12,16,22H,2,13-15,17-18H2,1H3/t22-/m0/s1. The van der Waals surface area contributed by atoms with Crippen LogP contribution >= 0.6 is 11.3 Å². The summed E-state index contributed by atoms with van der Waals surface area (Å²) in [5.41, 5.74) is 2.92. The van der Waals surface area contributed by atoms with Gasteiger partial charge < -0.3 is 9.80 Å². The van der Waals surface area contributed by atoms with Crippen LogP contribution in [0.3, 0.4) is 0 Å². The molecule has 0 N–H and O–H groups in total. The molecule has 0 unspecified atom stereocenters. The summed E-state index contributed by atoms with van der Waals surface area (Å²) in [6, 6.07) is 16.1. The monoisotopic (exact) mass is 433 g/mol. The van der Waals surface area contributed by atoms with Crippen molar-refractivity contribution in [3.05, 3.63) is 77.4 Å². The number of benzene rings is 1. The maximum atomic E-state index is 13.3. The van der Waals surface area contributed by atoms with Crippen molar-refractivity contribution >= 4 is 23.2 Å². The topological polar surface area (TPSA) is 53.5 Å². The lowest BCUT2D eigenvalue weighted by Crippen LogP contribution is -2.38. The third kappa shape index (κ3) is 5.02. The second-order valence-corrected chi connectivity index (χ2v) is 8.84. The van der Waals surface area contributed by atoms with Gasteiger partial charge in [-0.2, -0.15) is 0 Å². The Hall–Kier alpha value is -2.99. The summed E-state index contributed by atoms with van der Waals surface area (Å²) < 4.78 is 0. The number of carbonyl (C=O) groups is 2. The van der Waals surface area contributed by atoms with E-state index in [1.54, 1.807) is 35.9 Å². The molecule has 1 saturated heterocycles.